The molecule has 9 heteroatoms. The predicted molar refractivity (Wildman–Crippen MR) is 156 cm³/mol. The topological polar surface area (TPSA) is 83.8 Å². The quantitative estimate of drug-likeness (QED) is 0.207. The van der Waals surface area contributed by atoms with Crippen molar-refractivity contribution in [1.82, 2.24) is 9.99 Å². The summed E-state index contributed by atoms with van der Waals surface area (Å²) >= 11 is 3.46. The third-order valence-corrected chi connectivity index (χ3v) is 8.48. The average Bonchev–Trinajstić information content (AvgIpc) is 3.16. The van der Waals surface area contributed by atoms with Gasteiger partial charge < -0.3 is 4.57 Å². The average molecular weight is 594 g/mol. The summed E-state index contributed by atoms with van der Waals surface area (Å²) in [5.74, 6) is -0.556. The number of halogens is 1. The first-order chi connectivity index (χ1) is 18.1. The van der Waals surface area contributed by atoms with Crippen molar-refractivity contribution in [2.24, 2.45) is 5.10 Å². The standard InChI is InChI=1S/C29H29BrN4O3S/c1-20-5-11-26(12-6-20)33(38(36,37)28-15-7-21(2)8-16-28)19-29(35)32-31-18-24-17-22(3)34(23(24)4)27-13-9-25(30)10-14-27/h5-18H,19H2,1-4H3,(H,32,35)/b31-18+. The van der Waals surface area contributed by atoms with Gasteiger partial charge in [-0.2, -0.15) is 5.10 Å². The molecular weight excluding hydrogens is 564 g/mol. The van der Waals surface area contributed by atoms with Crippen molar-refractivity contribution in [3.8, 4) is 5.69 Å². The summed E-state index contributed by atoms with van der Waals surface area (Å²) in [5.41, 5.74) is 8.65. The van der Waals surface area contributed by atoms with E-state index in [9.17, 15) is 13.2 Å². The first kappa shape index (κ1) is 27.3. The number of aromatic nitrogens is 1. The number of carbonyl (C=O) groups excluding carboxylic acids is 1. The van der Waals surface area contributed by atoms with E-state index in [-0.39, 0.29) is 4.90 Å². The van der Waals surface area contributed by atoms with Crippen LogP contribution in [0.15, 0.2) is 93.3 Å². The van der Waals surface area contributed by atoms with Crippen LogP contribution in [0.25, 0.3) is 5.69 Å². The molecule has 0 atom stereocenters. The van der Waals surface area contributed by atoms with Crippen molar-refractivity contribution in [2.45, 2.75) is 32.6 Å². The van der Waals surface area contributed by atoms with Crippen molar-refractivity contribution in [2.75, 3.05) is 10.8 Å². The van der Waals surface area contributed by atoms with Crippen LogP contribution in [0, 0.1) is 27.7 Å². The Morgan fingerprint density at radius 2 is 1.50 bits per heavy atom. The summed E-state index contributed by atoms with van der Waals surface area (Å²) in [6, 6.07) is 23.5. The van der Waals surface area contributed by atoms with Crippen molar-refractivity contribution < 1.29 is 13.2 Å². The lowest BCUT2D eigenvalue weighted by molar-refractivity contribution is -0.119. The van der Waals surface area contributed by atoms with Gasteiger partial charge in [0.2, 0.25) is 0 Å². The Kier molecular flexibility index (Phi) is 8.18. The molecule has 0 aliphatic rings. The van der Waals surface area contributed by atoms with Crippen LogP contribution in [-0.2, 0) is 14.8 Å². The van der Waals surface area contributed by atoms with Crippen LogP contribution in [0.2, 0.25) is 0 Å². The summed E-state index contributed by atoms with van der Waals surface area (Å²) in [4.78, 5) is 13.0. The molecule has 0 saturated carbocycles. The molecular formula is C29H29BrN4O3S. The minimum absolute atomic E-state index is 0.111. The lowest BCUT2D eigenvalue weighted by Gasteiger charge is -2.24. The number of nitrogens with zero attached hydrogens (tertiary/aromatic N) is 3. The third-order valence-electron chi connectivity index (χ3n) is 6.17. The number of carbonyl (C=O) groups is 1. The number of hydrogen-bond donors (Lipinski definition) is 1. The Morgan fingerprint density at radius 1 is 0.921 bits per heavy atom. The van der Waals surface area contributed by atoms with Gasteiger partial charge in [0.25, 0.3) is 15.9 Å². The first-order valence-electron chi connectivity index (χ1n) is 12.0. The molecule has 4 aromatic rings. The largest absolute Gasteiger partial charge is 0.318 e. The molecule has 4 rings (SSSR count). The zero-order valence-electron chi connectivity index (χ0n) is 21.6. The molecule has 196 valence electrons. The summed E-state index contributed by atoms with van der Waals surface area (Å²) in [5, 5.41) is 4.12. The normalized spacial score (nSPS) is 11.6. The van der Waals surface area contributed by atoms with Crippen LogP contribution in [-0.4, -0.2) is 31.7 Å². The Morgan fingerprint density at radius 3 is 2.11 bits per heavy atom. The van der Waals surface area contributed by atoms with Crippen LogP contribution < -0.4 is 9.73 Å². The van der Waals surface area contributed by atoms with E-state index in [0.29, 0.717) is 5.69 Å². The highest BCUT2D eigenvalue weighted by atomic mass is 79.9. The molecule has 3 aromatic carbocycles. The van der Waals surface area contributed by atoms with E-state index in [2.05, 4.69) is 31.0 Å². The van der Waals surface area contributed by atoms with Crippen molar-refractivity contribution >= 4 is 43.8 Å². The highest BCUT2D eigenvalue weighted by molar-refractivity contribution is 9.10. The van der Waals surface area contributed by atoms with Crippen molar-refractivity contribution in [1.29, 1.82) is 0 Å². The zero-order valence-corrected chi connectivity index (χ0v) is 24.0. The molecule has 1 heterocycles. The molecule has 7 nitrogen and oxygen atoms in total. The van der Waals surface area contributed by atoms with E-state index in [1.807, 2.05) is 70.2 Å². The maximum atomic E-state index is 13.5. The summed E-state index contributed by atoms with van der Waals surface area (Å²) < 4.78 is 31.2. The van der Waals surface area contributed by atoms with Gasteiger partial charge in [-0.1, -0.05) is 51.3 Å². The van der Waals surface area contributed by atoms with E-state index < -0.39 is 22.5 Å². The number of aryl methyl sites for hydroxylation is 3. The van der Waals surface area contributed by atoms with E-state index in [0.717, 1.165) is 42.5 Å². The lowest BCUT2D eigenvalue weighted by Crippen LogP contribution is -2.39. The molecule has 0 fully saturated rings. The highest BCUT2D eigenvalue weighted by Crippen LogP contribution is 2.25. The predicted octanol–water partition coefficient (Wildman–Crippen LogP) is 5.82. The van der Waals surface area contributed by atoms with Gasteiger partial charge >= 0.3 is 0 Å². The third kappa shape index (κ3) is 6.06. The fraction of sp³-hybridized carbons (Fsp3) is 0.172. The number of anilines is 1. The maximum absolute atomic E-state index is 13.5. The van der Waals surface area contributed by atoms with E-state index >= 15 is 0 Å². The lowest BCUT2D eigenvalue weighted by atomic mass is 10.2. The Hall–Kier alpha value is -3.69. The second-order valence-corrected chi connectivity index (χ2v) is 11.9. The summed E-state index contributed by atoms with van der Waals surface area (Å²) in [7, 11) is -3.98. The molecule has 1 N–H and O–H groups in total. The fourth-order valence-corrected chi connectivity index (χ4v) is 5.79. The van der Waals surface area contributed by atoms with Gasteiger partial charge in [-0.05, 0) is 82.3 Å². The van der Waals surface area contributed by atoms with Crippen molar-refractivity contribution in [3.05, 3.63) is 111 Å². The molecule has 0 unspecified atom stereocenters. The first-order valence-corrected chi connectivity index (χ1v) is 14.2. The van der Waals surface area contributed by atoms with Gasteiger partial charge in [0, 0.05) is 27.1 Å². The number of hydrogen-bond acceptors (Lipinski definition) is 4. The number of amides is 1. The van der Waals surface area contributed by atoms with E-state index in [4.69, 9.17) is 0 Å². The van der Waals surface area contributed by atoms with Crippen LogP contribution >= 0.6 is 15.9 Å². The van der Waals surface area contributed by atoms with Crippen molar-refractivity contribution in [3.63, 3.8) is 0 Å². The van der Waals surface area contributed by atoms with Gasteiger partial charge in [-0.3, -0.25) is 9.10 Å². The molecule has 0 aliphatic carbocycles. The smallest absolute Gasteiger partial charge is 0.264 e. The molecule has 1 aromatic heterocycles. The maximum Gasteiger partial charge on any atom is 0.264 e. The number of nitrogens with one attached hydrogen (secondary N) is 1. The number of rotatable bonds is 8. The molecule has 0 bridgehead atoms. The minimum atomic E-state index is -3.98. The Bertz CT molecular complexity index is 1570. The summed E-state index contributed by atoms with van der Waals surface area (Å²) in [6.45, 7) is 7.36. The van der Waals surface area contributed by atoms with Crippen LogP contribution in [0.3, 0.4) is 0 Å². The minimum Gasteiger partial charge on any atom is -0.318 e. The number of sulfonamides is 1. The van der Waals surface area contributed by atoms with E-state index in [1.165, 1.54) is 0 Å². The molecule has 0 aliphatic heterocycles. The van der Waals surface area contributed by atoms with Gasteiger partial charge in [0.1, 0.15) is 6.54 Å². The van der Waals surface area contributed by atoms with Crippen LogP contribution in [0.5, 0.6) is 0 Å². The number of benzene rings is 3. The molecule has 1 amide bonds. The Labute approximate surface area is 232 Å². The van der Waals surface area contributed by atoms with E-state index in [1.54, 1.807) is 42.6 Å². The van der Waals surface area contributed by atoms with Gasteiger partial charge in [0.05, 0.1) is 16.8 Å². The Balaban J connectivity index is 1.54. The van der Waals surface area contributed by atoms with Crippen LogP contribution in [0.1, 0.15) is 28.1 Å². The van der Waals surface area contributed by atoms with Gasteiger partial charge in [0.15, 0.2) is 0 Å². The van der Waals surface area contributed by atoms with Crippen LogP contribution in [0.4, 0.5) is 5.69 Å². The fourth-order valence-electron chi connectivity index (χ4n) is 4.11. The highest BCUT2D eigenvalue weighted by Gasteiger charge is 2.27. The summed E-state index contributed by atoms with van der Waals surface area (Å²) in [6.07, 6.45) is 1.57. The number of hydrazone groups is 1. The second kappa shape index (κ2) is 11.4. The molecule has 0 saturated heterocycles. The zero-order chi connectivity index (χ0) is 27.4. The monoisotopic (exact) mass is 592 g/mol. The van der Waals surface area contributed by atoms with Gasteiger partial charge in [-0.25, -0.2) is 13.8 Å². The molecule has 38 heavy (non-hydrogen) atoms. The molecule has 0 radical (unpaired) electrons. The second-order valence-electron chi connectivity index (χ2n) is 9.09. The SMILES string of the molecule is Cc1ccc(N(CC(=O)N/N=C/c2cc(C)n(-c3ccc(Br)cc3)c2C)S(=O)(=O)c2ccc(C)cc2)cc1. The van der Waals surface area contributed by atoms with Gasteiger partial charge in [-0.15, -0.1) is 0 Å². The molecule has 0 spiro atoms.